The van der Waals surface area contributed by atoms with Crippen LogP contribution in [0.2, 0.25) is 0 Å². The Balaban J connectivity index is 1.65. The highest BCUT2D eigenvalue weighted by Crippen LogP contribution is 2.31. The average Bonchev–Trinajstić information content (AvgIpc) is 3.08. The van der Waals surface area contributed by atoms with Gasteiger partial charge in [0.25, 0.3) is 11.8 Å². The first-order chi connectivity index (χ1) is 11.6. The van der Waals surface area contributed by atoms with Crippen LogP contribution in [0.1, 0.15) is 33.7 Å². The molecule has 2 aliphatic heterocycles. The fourth-order valence-corrected chi connectivity index (χ4v) is 2.96. The molecule has 128 valence electrons. The van der Waals surface area contributed by atoms with Crippen molar-refractivity contribution in [2.45, 2.75) is 18.6 Å². The van der Waals surface area contributed by atoms with Gasteiger partial charge in [-0.1, -0.05) is 6.08 Å². The van der Waals surface area contributed by atoms with Gasteiger partial charge in [-0.2, -0.15) is 0 Å². The Bertz CT molecular complexity index is 630. The normalized spacial score (nSPS) is 19.2. The third kappa shape index (κ3) is 3.47. The summed E-state index contributed by atoms with van der Waals surface area (Å²) in [5.74, 6) is -0.942. The molecule has 0 atom stereocenters. The van der Waals surface area contributed by atoms with Crippen molar-refractivity contribution in [1.29, 1.82) is 0 Å². The molecule has 7 nitrogen and oxygen atoms in total. The van der Waals surface area contributed by atoms with E-state index in [-0.39, 0.29) is 17.5 Å². The maximum atomic E-state index is 12.7. The van der Waals surface area contributed by atoms with Gasteiger partial charge >= 0.3 is 0 Å². The van der Waals surface area contributed by atoms with E-state index in [0.29, 0.717) is 51.3 Å². The second kappa shape index (κ2) is 7.11. The molecular weight excluding hydrogens is 310 g/mol. The van der Waals surface area contributed by atoms with Crippen LogP contribution >= 0.6 is 0 Å². The van der Waals surface area contributed by atoms with E-state index in [1.165, 1.54) is 12.3 Å². The molecule has 3 heterocycles. The molecular formula is C17H21N3O4. The van der Waals surface area contributed by atoms with Crippen molar-refractivity contribution < 1.29 is 19.1 Å². The van der Waals surface area contributed by atoms with Crippen LogP contribution in [0.4, 0.5) is 0 Å². The van der Waals surface area contributed by atoms with Gasteiger partial charge in [-0.25, -0.2) is 0 Å². The van der Waals surface area contributed by atoms with E-state index >= 15 is 0 Å². The predicted octanol–water partition coefficient (Wildman–Crippen LogP) is 0.976. The maximum absolute atomic E-state index is 12.7. The van der Waals surface area contributed by atoms with Crippen molar-refractivity contribution in [3.8, 4) is 0 Å². The molecule has 0 unspecified atom stereocenters. The lowest BCUT2D eigenvalue weighted by Gasteiger charge is -2.37. The van der Waals surface area contributed by atoms with Gasteiger partial charge in [0.15, 0.2) is 5.79 Å². The van der Waals surface area contributed by atoms with Crippen molar-refractivity contribution in [1.82, 2.24) is 15.2 Å². The molecule has 2 amide bonds. The molecule has 3 rings (SSSR count). The molecule has 2 fully saturated rings. The summed E-state index contributed by atoms with van der Waals surface area (Å²) in [6.45, 7) is 6.26. The molecule has 24 heavy (non-hydrogen) atoms. The molecule has 1 N–H and O–H groups in total. The Morgan fingerprint density at radius 2 is 2.04 bits per heavy atom. The summed E-state index contributed by atoms with van der Waals surface area (Å²) in [5.41, 5.74) is 0.677. The number of carbonyl (C=O) groups is 2. The van der Waals surface area contributed by atoms with Crippen LogP contribution < -0.4 is 5.32 Å². The largest absolute Gasteiger partial charge is 0.347 e. The molecule has 2 saturated heterocycles. The van der Waals surface area contributed by atoms with E-state index < -0.39 is 5.79 Å². The van der Waals surface area contributed by atoms with Crippen LogP contribution in [0.25, 0.3) is 0 Å². The number of amides is 2. The standard InChI is InChI=1S/C17H21N3O4/c1-2-6-19-15(21)14-12-13(3-7-18-14)16(22)20-8-4-17(5-9-20)23-10-11-24-17/h2-3,7,12H,1,4-6,8-11H2,(H,19,21). The summed E-state index contributed by atoms with van der Waals surface area (Å²) in [5, 5.41) is 2.65. The van der Waals surface area contributed by atoms with Crippen LogP contribution in [0.15, 0.2) is 31.0 Å². The summed E-state index contributed by atoms with van der Waals surface area (Å²) >= 11 is 0. The summed E-state index contributed by atoms with van der Waals surface area (Å²) in [7, 11) is 0. The molecule has 1 aromatic heterocycles. The lowest BCUT2D eigenvalue weighted by atomic mass is 10.0. The Hall–Kier alpha value is -2.25. The van der Waals surface area contributed by atoms with Crippen LogP contribution in [0.3, 0.4) is 0 Å². The molecule has 0 bridgehead atoms. The topological polar surface area (TPSA) is 80.8 Å². The van der Waals surface area contributed by atoms with Crippen LogP contribution in [0.5, 0.6) is 0 Å². The van der Waals surface area contributed by atoms with Gasteiger partial charge < -0.3 is 19.7 Å². The minimum atomic E-state index is -0.509. The van der Waals surface area contributed by atoms with Crippen molar-refractivity contribution in [3.05, 3.63) is 42.2 Å². The number of ether oxygens (including phenoxy) is 2. The first-order valence-corrected chi connectivity index (χ1v) is 8.06. The number of nitrogens with one attached hydrogen (secondary N) is 1. The van der Waals surface area contributed by atoms with Gasteiger partial charge in [0.2, 0.25) is 0 Å². The first-order valence-electron chi connectivity index (χ1n) is 8.06. The first kappa shape index (κ1) is 16.6. The summed E-state index contributed by atoms with van der Waals surface area (Å²) in [6.07, 6.45) is 4.39. The number of rotatable bonds is 4. The van der Waals surface area contributed by atoms with Gasteiger partial charge in [-0.05, 0) is 12.1 Å². The Kier molecular flexibility index (Phi) is 4.92. The van der Waals surface area contributed by atoms with E-state index in [4.69, 9.17) is 9.47 Å². The van der Waals surface area contributed by atoms with Crippen molar-refractivity contribution >= 4 is 11.8 Å². The Morgan fingerprint density at radius 1 is 1.33 bits per heavy atom. The fraction of sp³-hybridized carbons (Fsp3) is 0.471. The van der Waals surface area contributed by atoms with Gasteiger partial charge in [0.1, 0.15) is 5.69 Å². The van der Waals surface area contributed by atoms with Gasteiger partial charge in [-0.3, -0.25) is 14.6 Å². The monoisotopic (exact) mass is 331 g/mol. The highest BCUT2D eigenvalue weighted by atomic mass is 16.7. The molecule has 7 heteroatoms. The zero-order valence-electron chi connectivity index (χ0n) is 13.5. The predicted molar refractivity (Wildman–Crippen MR) is 86.5 cm³/mol. The number of carbonyl (C=O) groups excluding carboxylic acids is 2. The van der Waals surface area contributed by atoms with Crippen molar-refractivity contribution in [2.75, 3.05) is 32.8 Å². The lowest BCUT2D eigenvalue weighted by molar-refractivity contribution is -0.181. The number of nitrogens with zero attached hydrogens (tertiary/aromatic N) is 2. The summed E-state index contributed by atoms with van der Waals surface area (Å²) < 4.78 is 11.3. The molecule has 2 aliphatic rings. The van der Waals surface area contributed by atoms with Crippen molar-refractivity contribution in [2.24, 2.45) is 0 Å². The Morgan fingerprint density at radius 3 is 2.71 bits per heavy atom. The number of pyridine rings is 1. The molecule has 0 aromatic carbocycles. The van der Waals surface area contributed by atoms with Crippen molar-refractivity contribution in [3.63, 3.8) is 0 Å². The van der Waals surface area contributed by atoms with Gasteiger partial charge in [0, 0.05) is 44.2 Å². The zero-order chi connectivity index (χ0) is 17.0. The van der Waals surface area contributed by atoms with Gasteiger partial charge in [0.05, 0.1) is 13.2 Å². The third-order valence-electron chi connectivity index (χ3n) is 4.27. The molecule has 1 aromatic rings. The number of likely N-dealkylation sites (tertiary alicyclic amines) is 1. The maximum Gasteiger partial charge on any atom is 0.270 e. The zero-order valence-corrected chi connectivity index (χ0v) is 13.5. The summed E-state index contributed by atoms with van der Waals surface area (Å²) in [4.78, 5) is 30.4. The second-order valence-corrected chi connectivity index (χ2v) is 5.83. The number of piperidine rings is 1. The average molecular weight is 331 g/mol. The lowest BCUT2D eigenvalue weighted by Crippen LogP contribution is -2.47. The van der Waals surface area contributed by atoms with E-state index in [9.17, 15) is 9.59 Å². The minimum Gasteiger partial charge on any atom is -0.347 e. The Labute approximate surface area is 140 Å². The van der Waals surface area contributed by atoms with E-state index in [1.807, 2.05) is 0 Å². The van der Waals surface area contributed by atoms with E-state index in [2.05, 4.69) is 16.9 Å². The van der Waals surface area contributed by atoms with E-state index in [0.717, 1.165) is 0 Å². The molecule has 1 spiro atoms. The number of hydrogen-bond acceptors (Lipinski definition) is 5. The smallest absolute Gasteiger partial charge is 0.270 e. The van der Waals surface area contributed by atoms with Crippen LogP contribution in [0, 0.1) is 0 Å². The third-order valence-corrected chi connectivity index (χ3v) is 4.27. The highest BCUT2D eigenvalue weighted by Gasteiger charge is 2.40. The van der Waals surface area contributed by atoms with Gasteiger partial charge in [-0.15, -0.1) is 6.58 Å². The fourth-order valence-electron chi connectivity index (χ4n) is 2.96. The minimum absolute atomic E-state index is 0.108. The quantitative estimate of drug-likeness (QED) is 0.832. The SMILES string of the molecule is C=CCNC(=O)c1cc(C(=O)N2CCC3(CC2)OCCO3)ccn1. The van der Waals surface area contributed by atoms with E-state index in [1.54, 1.807) is 17.0 Å². The molecule has 0 aliphatic carbocycles. The molecule has 0 saturated carbocycles. The molecule has 0 radical (unpaired) electrons. The summed E-state index contributed by atoms with van der Waals surface area (Å²) in [6, 6.07) is 3.15. The van der Waals surface area contributed by atoms with Crippen LogP contribution in [-0.4, -0.2) is 60.3 Å². The second-order valence-electron chi connectivity index (χ2n) is 5.83. The number of hydrogen-bond donors (Lipinski definition) is 1. The van der Waals surface area contributed by atoms with Crippen LogP contribution in [-0.2, 0) is 9.47 Å². The highest BCUT2D eigenvalue weighted by molar-refractivity contribution is 5.98. The number of aromatic nitrogens is 1.